The summed E-state index contributed by atoms with van der Waals surface area (Å²) in [5.41, 5.74) is -1.12. The third kappa shape index (κ3) is 11.8. The van der Waals surface area contributed by atoms with Gasteiger partial charge in [0, 0.05) is 17.2 Å². The molecule has 1 aliphatic rings. The van der Waals surface area contributed by atoms with E-state index in [0.717, 1.165) is 21.9 Å². The predicted molar refractivity (Wildman–Crippen MR) is 260 cm³/mol. The second kappa shape index (κ2) is 22.4. The lowest BCUT2D eigenvalue weighted by Crippen LogP contribution is -2.73. The first-order valence-electron chi connectivity index (χ1n) is 23.2. The zero-order valence-corrected chi connectivity index (χ0v) is 40.5. The highest BCUT2D eigenvalue weighted by Crippen LogP contribution is 2.44. The number of ether oxygens (including phenoxy) is 1. The second-order valence-electron chi connectivity index (χ2n) is 19.1. The summed E-state index contributed by atoms with van der Waals surface area (Å²) in [7, 11) is 3.49. The van der Waals surface area contributed by atoms with Crippen LogP contribution in [-0.4, -0.2) is 89.6 Å². The molecule has 0 aromatic heterocycles. The molecule has 5 rings (SSSR count). The average molecular weight is 903 g/mol. The van der Waals surface area contributed by atoms with Crippen LogP contribution in [0.2, 0.25) is 0 Å². The lowest BCUT2D eigenvalue weighted by Gasteiger charge is -2.50. The quantitative estimate of drug-likeness (QED) is 0.0693. The molecule has 13 nitrogen and oxygen atoms in total. The number of nitrogens with zero attached hydrogens (tertiary/aromatic N) is 3. The van der Waals surface area contributed by atoms with Crippen LogP contribution in [0.1, 0.15) is 93.1 Å². The minimum absolute atomic E-state index is 0.173. The normalized spacial score (nSPS) is 16.7. The highest BCUT2D eigenvalue weighted by atomic mass is 16.8. The van der Waals surface area contributed by atoms with E-state index in [0.29, 0.717) is 36.2 Å². The number of nitrogens with one attached hydrogen (secondary N) is 3. The first-order chi connectivity index (χ1) is 31.3. The number of hydroxylamine groups is 1. The van der Waals surface area contributed by atoms with E-state index < -0.39 is 71.0 Å². The van der Waals surface area contributed by atoms with Gasteiger partial charge in [-0.15, -0.1) is 5.06 Å². The van der Waals surface area contributed by atoms with Gasteiger partial charge >= 0.3 is 12.1 Å². The third-order valence-electron chi connectivity index (χ3n) is 12.0. The van der Waals surface area contributed by atoms with Gasteiger partial charge in [0.05, 0.1) is 17.8 Å². The van der Waals surface area contributed by atoms with Crippen LogP contribution in [0.25, 0.3) is 11.1 Å². The van der Waals surface area contributed by atoms with Crippen molar-refractivity contribution in [3.05, 3.63) is 121 Å². The number of likely N-dealkylation sites (N-methyl/N-ethyl adjacent to an activating group) is 1. The Morgan fingerprint density at radius 3 is 1.86 bits per heavy atom. The van der Waals surface area contributed by atoms with Gasteiger partial charge in [0.1, 0.15) is 11.6 Å². The molecule has 354 valence electrons. The molecular weight excluding hydrogens is 833 g/mol. The molecule has 1 heterocycles. The topological polar surface area (TPSA) is 150 Å². The molecule has 6 atom stereocenters. The average Bonchev–Trinajstić information content (AvgIpc) is 3.83. The summed E-state index contributed by atoms with van der Waals surface area (Å²) in [5.74, 6) is -5.50. The van der Waals surface area contributed by atoms with Gasteiger partial charge in [-0.3, -0.25) is 19.3 Å². The van der Waals surface area contributed by atoms with E-state index in [2.05, 4.69) is 16.0 Å². The Hall–Kier alpha value is -6.05. The van der Waals surface area contributed by atoms with E-state index in [1.165, 1.54) is 0 Å². The largest absolute Gasteiger partial charge is 0.448 e. The van der Waals surface area contributed by atoms with Crippen molar-refractivity contribution >= 4 is 41.2 Å². The summed E-state index contributed by atoms with van der Waals surface area (Å²) in [6.45, 7) is 17.1. The minimum Gasteiger partial charge on any atom is -0.441 e. The molecule has 4 aromatic carbocycles. The Kier molecular flexibility index (Phi) is 17.3. The van der Waals surface area contributed by atoms with Gasteiger partial charge in [0.2, 0.25) is 17.5 Å². The Balaban J connectivity index is 1.92. The van der Waals surface area contributed by atoms with Crippen LogP contribution in [0.15, 0.2) is 115 Å². The van der Waals surface area contributed by atoms with Crippen LogP contribution < -0.4 is 21.0 Å². The summed E-state index contributed by atoms with van der Waals surface area (Å²) < 4.78 is 5.98. The fourth-order valence-corrected chi connectivity index (χ4v) is 8.88. The van der Waals surface area contributed by atoms with Gasteiger partial charge in [-0.2, -0.15) is 0 Å². The maximum atomic E-state index is 16.6. The van der Waals surface area contributed by atoms with Crippen LogP contribution >= 0.6 is 0 Å². The standard InChI is InChI=1S/C53H70N6O7/c1-12-37(6)45(55-47(60)42-32-24-34-54-42)48(61)58(49(62)46(36(4)5)57(10)11)53(56-40-29-20-15-21-30-40,44(35(2)3)39-27-18-14-19-28-39)50(63)66-59(51(64)65-52(7,8)9)43-33-23-22-31-41(43)38-25-16-13-17-26-38/h13-23,25-31,33,35-37,42,44-46,54,56H,12,24,32,34H2,1-11H3,(H,55,60)/t37-,42+,44?,45+,46+,53+/m1/s1. The number of anilines is 2. The summed E-state index contributed by atoms with van der Waals surface area (Å²) in [5, 5.41) is 10.5. The molecule has 0 spiro atoms. The highest BCUT2D eigenvalue weighted by Gasteiger charge is 2.61. The third-order valence-corrected chi connectivity index (χ3v) is 12.0. The molecule has 1 saturated heterocycles. The number of rotatable bonds is 17. The van der Waals surface area contributed by atoms with Gasteiger partial charge in [0.25, 0.3) is 5.91 Å². The Morgan fingerprint density at radius 2 is 1.33 bits per heavy atom. The van der Waals surface area contributed by atoms with E-state index in [9.17, 15) is 9.59 Å². The minimum atomic E-state index is -2.47. The van der Waals surface area contributed by atoms with E-state index in [-0.39, 0.29) is 17.5 Å². The van der Waals surface area contributed by atoms with Gasteiger partial charge in [-0.1, -0.05) is 145 Å². The smallest absolute Gasteiger partial charge is 0.441 e. The van der Waals surface area contributed by atoms with E-state index >= 15 is 14.4 Å². The zero-order chi connectivity index (χ0) is 48.3. The molecule has 4 amide bonds. The van der Waals surface area contributed by atoms with Crippen LogP contribution in [0.4, 0.5) is 16.2 Å². The molecule has 66 heavy (non-hydrogen) atoms. The molecule has 1 unspecified atom stereocenters. The van der Waals surface area contributed by atoms with E-state index in [1.807, 2.05) is 114 Å². The first kappa shape index (κ1) is 50.9. The van der Waals surface area contributed by atoms with Gasteiger partial charge in [-0.25, -0.2) is 14.5 Å². The van der Waals surface area contributed by atoms with Crippen LogP contribution in [0, 0.1) is 17.8 Å². The molecule has 0 radical (unpaired) electrons. The monoisotopic (exact) mass is 903 g/mol. The van der Waals surface area contributed by atoms with Crippen molar-refractivity contribution in [3.63, 3.8) is 0 Å². The van der Waals surface area contributed by atoms with Crippen LogP contribution in [0.3, 0.4) is 0 Å². The Labute approximate surface area is 391 Å². The fraction of sp³-hybridized carbons (Fsp3) is 0.453. The Morgan fingerprint density at radius 1 is 0.758 bits per heavy atom. The van der Waals surface area contributed by atoms with Crippen molar-refractivity contribution in [2.24, 2.45) is 17.8 Å². The highest BCUT2D eigenvalue weighted by molar-refractivity contribution is 6.08. The molecule has 0 bridgehead atoms. The lowest BCUT2D eigenvalue weighted by molar-refractivity contribution is -0.175. The van der Waals surface area contributed by atoms with Crippen molar-refractivity contribution in [1.82, 2.24) is 20.4 Å². The first-order valence-corrected chi connectivity index (χ1v) is 23.2. The molecule has 0 aliphatic carbocycles. The van der Waals surface area contributed by atoms with Gasteiger partial charge in [0.15, 0.2) is 0 Å². The number of carbonyl (C=O) groups excluding carboxylic acids is 5. The van der Waals surface area contributed by atoms with Crippen molar-refractivity contribution in [3.8, 4) is 11.1 Å². The van der Waals surface area contributed by atoms with Gasteiger partial charge in [-0.05, 0) is 101 Å². The van der Waals surface area contributed by atoms with Crippen molar-refractivity contribution in [2.45, 2.75) is 117 Å². The van der Waals surface area contributed by atoms with Crippen molar-refractivity contribution in [1.29, 1.82) is 0 Å². The van der Waals surface area contributed by atoms with Crippen LogP contribution in [0.5, 0.6) is 0 Å². The molecule has 13 heteroatoms. The SMILES string of the molecule is CC[C@@H](C)[C@H](NC(=O)[C@@H]1CCCN1)C(=O)N(C(=O)[C@H](C(C)C)N(C)C)[C@](Nc1ccccc1)(C(=O)ON(C(=O)OC(C)(C)C)c1ccccc1-c1ccccc1)C(c1ccccc1)C(C)C. The van der Waals surface area contributed by atoms with Crippen molar-refractivity contribution < 1.29 is 33.5 Å². The Bertz CT molecular complexity index is 2230. The number of hydrogen-bond donors (Lipinski definition) is 3. The second-order valence-corrected chi connectivity index (χ2v) is 19.1. The summed E-state index contributed by atoms with van der Waals surface area (Å²) >= 11 is 0. The number of para-hydroxylation sites is 2. The van der Waals surface area contributed by atoms with E-state index in [4.69, 9.17) is 9.57 Å². The molecule has 3 N–H and O–H groups in total. The molecular formula is C53H70N6O7. The maximum absolute atomic E-state index is 16.6. The maximum Gasteiger partial charge on any atom is 0.448 e. The summed E-state index contributed by atoms with van der Waals surface area (Å²) in [6.07, 6.45) is 0.789. The summed E-state index contributed by atoms with van der Waals surface area (Å²) in [6, 6.07) is 31.5. The zero-order valence-electron chi connectivity index (χ0n) is 40.5. The molecule has 0 saturated carbocycles. The van der Waals surface area contributed by atoms with E-state index in [1.54, 1.807) is 82.2 Å². The van der Waals surface area contributed by atoms with Crippen molar-refractivity contribution in [2.75, 3.05) is 31.0 Å². The number of carbonyl (C=O) groups is 5. The number of hydrogen-bond acceptors (Lipinski definition) is 10. The lowest BCUT2D eigenvalue weighted by atomic mass is 9.75. The number of benzene rings is 4. The summed E-state index contributed by atoms with van der Waals surface area (Å²) in [4.78, 5) is 87.2. The fourth-order valence-electron chi connectivity index (χ4n) is 8.88. The number of imide groups is 1. The molecule has 1 fully saturated rings. The molecule has 1 aliphatic heterocycles. The van der Waals surface area contributed by atoms with Crippen LogP contribution in [-0.2, 0) is 28.8 Å². The molecule has 4 aromatic rings. The number of amides is 4. The van der Waals surface area contributed by atoms with Gasteiger partial charge < -0.3 is 25.5 Å². The predicted octanol–water partition coefficient (Wildman–Crippen LogP) is 9.03.